The minimum absolute atomic E-state index is 0.0630. The Morgan fingerprint density at radius 1 is 1.13 bits per heavy atom. The molecule has 1 aliphatic carbocycles. The van der Waals surface area contributed by atoms with Crippen molar-refractivity contribution in [1.29, 1.82) is 0 Å². The van der Waals surface area contributed by atoms with Gasteiger partial charge in [0.15, 0.2) is 5.78 Å². The molecule has 1 aliphatic rings. The monoisotopic (exact) mass is 307 g/mol. The molecule has 4 heteroatoms. The molecular weight excluding hydrogens is 290 g/mol. The predicted octanol–water partition coefficient (Wildman–Crippen LogP) is 3.23. The molecule has 0 fully saturated rings. The highest BCUT2D eigenvalue weighted by atomic mass is 16.5. The Morgan fingerprint density at radius 2 is 1.87 bits per heavy atom. The van der Waals surface area contributed by atoms with E-state index in [0.29, 0.717) is 30.0 Å². The largest absolute Gasteiger partial charge is 0.492 e. The van der Waals surface area contributed by atoms with E-state index in [1.165, 1.54) is 6.08 Å². The minimum Gasteiger partial charge on any atom is -0.492 e. The summed E-state index contributed by atoms with van der Waals surface area (Å²) in [4.78, 5) is 24.5. The molecule has 3 rings (SSSR count). The molecule has 0 heterocycles. The van der Waals surface area contributed by atoms with E-state index in [9.17, 15) is 9.59 Å². The van der Waals surface area contributed by atoms with E-state index in [1.54, 1.807) is 12.1 Å². The van der Waals surface area contributed by atoms with Crippen molar-refractivity contribution in [2.75, 3.05) is 11.9 Å². The maximum atomic E-state index is 12.6. The molecule has 0 unspecified atom stereocenters. The van der Waals surface area contributed by atoms with E-state index in [-0.39, 0.29) is 11.7 Å². The van der Waals surface area contributed by atoms with Crippen LogP contribution in [0.4, 0.5) is 5.69 Å². The molecule has 2 aromatic rings. The Kier molecular flexibility index (Phi) is 4.24. The lowest BCUT2D eigenvalue weighted by Crippen LogP contribution is -2.20. The number of para-hydroxylation sites is 2. The van der Waals surface area contributed by atoms with Gasteiger partial charge in [-0.1, -0.05) is 36.4 Å². The lowest BCUT2D eigenvalue weighted by Gasteiger charge is -2.17. The molecule has 1 amide bonds. The van der Waals surface area contributed by atoms with Gasteiger partial charge in [0.1, 0.15) is 5.75 Å². The van der Waals surface area contributed by atoms with Crippen molar-refractivity contribution < 1.29 is 14.3 Å². The highest BCUT2D eigenvalue weighted by molar-refractivity contribution is 6.30. The number of carbonyl (C=O) groups excluding carboxylic acids is 2. The SMILES string of the molecule is CCOc1ccccc1NC(=O)C1=CC(=O)Cc2ccccc21. The van der Waals surface area contributed by atoms with Crippen LogP contribution in [0.5, 0.6) is 5.75 Å². The van der Waals surface area contributed by atoms with Gasteiger partial charge in [-0.2, -0.15) is 0 Å². The molecule has 1 N–H and O–H groups in total. The first-order chi connectivity index (χ1) is 11.2. The maximum absolute atomic E-state index is 12.6. The number of anilines is 1. The Labute approximate surface area is 134 Å². The topological polar surface area (TPSA) is 55.4 Å². The number of benzene rings is 2. The third-order valence-corrected chi connectivity index (χ3v) is 3.66. The number of amides is 1. The van der Waals surface area contributed by atoms with Crippen LogP contribution in [0, 0.1) is 0 Å². The lowest BCUT2D eigenvalue weighted by atomic mass is 9.90. The third-order valence-electron chi connectivity index (χ3n) is 3.66. The standard InChI is InChI=1S/C19H17NO3/c1-2-23-18-10-6-5-9-17(18)20-19(22)16-12-14(21)11-13-7-3-4-8-15(13)16/h3-10,12H,2,11H2,1H3,(H,20,22). The first-order valence-electron chi connectivity index (χ1n) is 7.55. The van der Waals surface area contributed by atoms with Gasteiger partial charge in [-0.15, -0.1) is 0 Å². The second kappa shape index (κ2) is 6.48. The third kappa shape index (κ3) is 3.16. The smallest absolute Gasteiger partial charge is 0.256 e. The Bertz CT molecular complexity index is 793. The molecule has 2 aromatic carbocycles. The Balaban J connectivity index is 1.91. The number of hydrogen-bond acceptors (Lipinski definition) is 3. The summed E-state index contributed by atoms with van der Waals surface area (Å²) >= 11 is 0. The van der Waals surface area contributed by atoms with Crippen LogP contribution in [0.1, 0.15) is 18.1 Å². The first kappa shape index (κ1) is 15.0. The van der Waals surface area contributed by atoms with E-state index < -0.39 is 0 Å². The van der Waals surface area contributed by atoms with Gasteiger partial charge in [-0.25, -0.2) is 0 Å². The summed E-state index contributed by atoms with van der Waals surface area (Å²) in [7, 11) is 0. The number of allylic oxidation sites excluding steroid dienone is 1. The van der Waals surface area contributed by atoms with Gasteiger partial charge < -0.3 is 10.1 Å². The number of rotatable bonds is 4. The van der Waals surface area contributed by atoms with Crippen molar-refractivity contribution in [2.45, 2.75) is 13.3 Å². The number of fused-ring (bicyclic) bond motifs is 1. The number of nitrogens with one attached hydrogen (secondary N) is 1. The molecule has 116 valence electrons. The van der Waals surface area contributed by atoms with Gasteiger partial charge in [0.05, 0.1) is 17.9 Å². The van der Waals surface area contributed by atoms with Crippen LogP contribution in [-0.4, -0.2) is 18.3 Å². The van der Waals surface area contributed by atoms with Crippen molar-refractivity contribution in [3.05, 3.63) is 65.7 Å². The molecule has 0 spiro atoms. The van der Waals surface area contributed by atoms with Crippen LogP contribution >= 0.6 is 0 Å². The average Bonchev–Trinajstić information content (AvgIpc) is 2.56. The summed E-state index contributed by atoms with van der Waals surface area (Å²) < 4.78 is 5.51. The van der Waals surface area contributed by atoms with E-state index >= 15 is 0 Å². The zero-order valence-corrected chi connectivity index (χ0v) is 12.8. The molecule has 0 saturated carbocycles. The van der Waals surface area contributed by atoms with Crippen molar-refractivity contribution in [3.63, 3.8) is 0 Å². The molecular formula is C19H17NO3. The molecule has 4 nitrogen and oxygen atoms in total. The minimum atomic E-state index is -0.308. The summed E-state index contributed by atoms with van der Waals surface area (Å²) in [5, 5.41) is 2.84. The van der Waals surface area contributed by atoms with Crippen molar-refractivity contribution in [1.82, 2.24) is 0 Å². The van der Waals surface area contributed by atoms with Crippen molar-refractivity contribution in [2.24, 2.45) is 0 Å². The maximum Gasteiger partial charge on any atom is 0.256 e. The molecule has 23 heavy (non-hydrogen) atoms. The summed E-state index contributed by atoms with van der Waals surface area (Å²) in [6.45, 7) is 2.40. The quantitative estimate of drug-likeness (QED) is 0.943. The van der Waals surface area contributed by atoms with Gasteiger partial charge in [0.25, 0.3) is 5.91 Å². The number of hydrogen-bond donors (Lipinski definition) is 1. The molecule has 0 bridgehead atoms. The molecule has 0 atom stereocenters. The van der Waals surface area contributed by atoms with Crippen molar-refractivity contribution in [3.8, 4) is 5.75 Å². The molecule has 0 aliphatic heterocycles. The highest BCUT2D eigenvalue weighted by Crippen LogP contribution is 2.28. The summed E-state index contributed by atoms with van der Waals surface area (Å²) in [6, 6.07) is 14.7. The summed E-state index contributed by atoms with van der Waals surface area (Å²) in [5.41, 5.74) is 2.67. The molecule has 0 radical (unpaired) electrons. The van der Waals surface area contributed by atoms with Crippen molar-refractivity contribution >= 4 is 23.0 Å². The second-order valence-corrected chi connectivity index (χ2v) is 5.24. The van der Waals surface area contributed by atoms with Crippen LogP contribution in [-0.2, 0) is 16.0 Å². The van der Waals surface area contributed by atoms with Gasteiger partial charge in [-0.3, -0.25) is 9.59 Å². The Hall–Kier alpha value is -2.88. The fourth-order valence-corrected chi connectivity index (χ4v) is 2.64. The average molecular weight is 307 g/mol. The fraction of sp³-hybridized carbons (Fsp3) is 0.158. The fourth-order valence-electron chi connectivity index (χ4n) is 2.64. The van der Waals surface area contributed by atoms with Gasteiger partial charge in [-0.05, 0) is 36.3 Å². The normalized spacial score (nSPS) is 13.1. The lowest BCUT2D eigenvalue weighted by molar-refractivity contribution is -0.115. The highest BCUT2D eigenvalue weighted by Gasteiger charge is 2.22. The van der Waals surface area contributed by atoms with Crippen LogP contribution in [0.25, 0.3) is 5.57 Å². The van der Waals surface area contributed by atoms with Gasteiger partial charge in [0, 0.05) is 6.42 Å². The number of ether oxygens (including phenoxy) is 1. The number of carbonyl (C=O) groups is 2. The predicted molar refractivity (Wildman–Crippen MR) is 89.4 cm³/mol. The van der Waals surface area contributed by atoms with Crippen LogP contribution in [0.2, 0.25) is 0 Å². The zero-order valence-electron chi connectivity index (χ0n) is 12.8. The van der Waals surface area contributed by atoms with Crippen LogP contribution in [0.15, 0.2) is 54.6 Å². The zero-order chi connectivity index (χ0) is 16.2. The van der Waals surface area contributed by atoms with Gasteiger partial charge >= 0.3 is 0 Å². The summed E-state index contributed by atoms with van der Waals surface area (Å²) in [6.07, 6.45) is 1.75. The second-order valence-electron chi connectivity index (χ2n) is 5.24. The summed E-state index contributed by atoms with van der Waals surface area (Å²) in [5.74, 6) is 0.240. The van der Waals surface area contributed by atoms with E-state index in [4.69, 9.17) is 4.74 Å². The number of ketones is 1. The van der Waals surface area contributed by atoms with Crippen LogP contribution in [0.3, 0.4) is 0 Å². The first-order valence-corrected chi connectivity index (χ1v) is 7.55. The van der Waals surface area contributed by atoms with E-state index in [2.05, 4.69) is 5.32 Å². The Morgan fingerprint density at radius 3 is 2.70 bits per heavy atom. The van der Waals surface area contributed by atoms with E-state index in [1.807, 2.05) is 43.3 Å². The van der Waals surface area contributed by atoms with Crippen LogP contribution < -0.4 is 10.1 Å². The van der Waals surface area contributed by atoms with E-state index in [0.717, 1.165) is 11.1 Å². The van der Waals surface area contributed by atoms with Gasteiger partial charge in [0.2, 0.25) is 0 Å². The molecule has 0 saturated heterocycles. The molecule has 0 aromatic heterocycles.